The molecule has 8 nitrogen and oxygen atoms in total. The van der Waals surface area contributed by atoms with Gasteiger partial charge < -0.3 is 20.4 Å². The molecule has 0 radical (unpaired) electrons. The van der Waals surface area contributed by atoms with E-state index in [2.05, 4.69) is 0 Å². The quantitative estimate of drug-likeness (QED) is 0.219. The van der Waals surface area contributed by atoms with E-state index in [1.54, 1.807) is 27.7 Å². The van der Waals surface area contributed by atoms with Crippen LogP contribution in [0.15, 0.2) is 22.3 Å². The molecular formula is C36H38O8S4. The highest BCUT2D eigenvalue weighted by Crippen LogP contribution is 2.57. The number of phenols is 4. The molecule has 48 heavy (non-hydrogen) atoms. The lowest BCUT2D eigenvalue weighted by Gasteiger charge is -2.33. The number of fused-ring (bicyclic) bond motifs is 2. The summed E-state index contributed by atoms with van der Waals surface area (Å²) >= 11 is 6.03. The Kier molecular flexibility index (Phi) is 9.60. The summed E-state index contributed by atoms with van der Waals surface area (Å²) in [6, 6.07) is 0. The normalized spacial score (nSPS) is 19.6. The van der Waals surface area contributed by atoms with Crippen LogP contribution in [-0.4, -0.2) is 66.6 Å². The van der Waals surface area contributed by atoms with Crippen molar-refractivity contribution >= 4 is 70.2 Å². The van der Waals surface area contributed by atoms with Gasteiger partial charge in [0, 0.05) is 66.8 Å². The van der Waals surface area contributed by atoms with Gasteiger partial charge in [0.1, 0.15) is 0 Å². The van der Waals surface area contributed by atoms with E-state index < -0.39 is 67.1 Å². The number of hydrogen-bond donors (Lipinski definition) is 4. The summed E-state index contributed by atoms with van der Waals surface area (Å²) in [5, 5.41) is 45.4. The number of carbonyl (C=O) groups is 4. The fraction of sp³-hybridized carbons (Fsp3) is 0.444. The van der Waals surface area contributed by atoms with Crippen LogP contribution in [0, 0.1) is 0 Å². The van der Waals surface area contributed by atoms with Crippen molar-refractivity contribution in [3.63, 3.8) is 0 Å². The number of ketones is 4. The van der Waals surface area contributed by atoms with Crippen LogP contribution in [-0.2, 0) is 0 Å². The summed E-state index contributed by atoms with van der Waals surface area (Å²) < 4.78 is -0.896. The van der Waals surface area contributed by atoms with Crippen LogP contribution in [0.1, 0.15) is 139 Å². The third-order valence-electron chi connectivity index (χ3n) is 9.37. The number of hydrogen-bond acceptors (Lipinski definition) is 12. The lowest BCUT2D eigenvalue weighted by atomic mass is 9.70. The summed E-state index contributed by atoms with van der Waals surface area (Å²) in [5.41, 5.74) is 0.0512. The van der Waals surface area contributed by atoms with E-state index in [1.165, 1.54) is 60.9 Å². The average molecular weight is 727 g/mol. The maximum Gasteiger partial charge on any atom is 0.195 e. The van der Waals surface area contributed by atoms with Gasteiger partial charge in [0.15, 0.2) is 46.1 Å². The number of benzene rings is 2. The zero-order valence-corrected chi connectivity index (χ0v) is 30.9. The first kappa shape index (κ1) is 35.0. The van der Waals surface area contributed by atoms with Crippen LogP contribution in [0.3, 0.4) is 0 Å². The summed E-state index contributed by atoms with van der Waals surface area (Å²) in [6.07, 6.45) is 1.84. The Hall–Kier alpha value is -2.80. The van der Waals surface area contributed by atoms with E-state index >= 15 is 0 Å². The van der Waals surface area contributed by atoms with Crippen LogP contribution >= 0.6 is 47.0 Å². The number of thioether (sulfide) groups is 4. The minimum Gasteiger partial charge on any atom is -0.504 e. The zero-order chi connectivity index (χ0) is 34.9. The first-order valence-electron chi connectivity index (χ1n) is 16.0. The van der Waals surface area contributed by atoms with Gasteiger partial charge in [-0.05, 0) is 61.5 Å². The van der Waals surface area contributed by atoms with Gasteiger partial charge in [-0.25, -0.2) is 0 Å². The first-order valence-corrected chi connectivity index (χ1v) is 20.2. The minimum atomic E-state index is -0.671. The smallest absolute Gasteiger partial charge is 0.195 e. The lowest BCUT2D eigenvalue weighted by Crippen LogP contribution is -2.32. The molecule has 0 amide bonds. The molecule has 2 aliphatic carbocycles. The van der Waals surface area contributed by atoms with Crippen LogP contribution in [0.4, 0.5) is 0 Å². The predicted octanol–water partition coefficient (Wildman–Crippen LogP) is 8.58. The Morgan fingerprint density at radius 2 is 0.812 bits per heavy atom. The number of Topliss-reactive ketones (excluding diaryl/α,β-unsaturated/α-hetero) is 4. The molecule has 2 aliphatic heterocycles. The van der Waals surface area contributed by atoms with Gasteiger partial charge in [-0.1, -0.05) is 27.7 Å². The van der Waals surface area contributed by atoms with E-state index in [-0.39, 0.29) is 66.8 Å². The topological polar surface area (TPSA) is 149 Å². The first-order chi connectivity index (χ1) is 22.7. The number of aromatic hydroxyl groups is 4. The lowest BCUT2D eigenvalue weighted by molar-refractivity contribution is 0.0950. The Morgan fingerprint density at radius 3 is 1.10 bits per heavy atom. The molecular weight excluding hydrogens is 689 g/mol. The summed E-state index contributed by atoms with van der Waals surface area (Å²) in [6.45, 7) is 9.93. The average Bonchev–Trinajstić information content (AvgIpc) is 3.06. The Balaban J connectivity index is 1.64. The van der Waals surface area contributed by atoms with Crippen LogP contribution in [0.2, 0.25) is 0 Å². The number of carbonyl (C=O) groups excluding carboxylic acids is 4. The largest absolute Gasteiger partial charge is 0.504 e. The highest BCUT2D eigenvalue weighted by Gasteiger charge is 2.47. The second kappa shape index (κ2) is 13.2. The highest BCUT2D eigenvalue weighted by molar-refractivity contribution is 8.17. The summed E-state index contributed by atoms with van der Waals surface area (Å²) in [4.78, 5) is 58.7. The fourth-order valence-corrected chi connectivity index (χ4v) is 13.1. The van der Waals surface area contributed by atoms with Crippen molar-refractivity contribution in [2.45, 2.75) is 75.4 Å². The van der Waals surface area contributed by atoms with Gasteiger partial charge in [-0.3, -0.25) is 19.2 Å². The van der Waals surface area contributed by atoms with E-state index in [1.807, 2.05) is 0 Å². The molecule has 0 spiro atoms. The van der Waals surface area contributed by atoms with E-state index in [9.17, 15) is 39.6 Å². The maximum atomic E-state index is 14.9. The Morgan fingerprint density at radius 1 is 0.500 bits per heavy atom. The maximum absolute atomic E-state index is 14.9. The highest BCUT2D eigenvalue weighted by atomic mass is 32.2. The van der Waals surface area contributed by atoms with Gasteiger partial charge >= 0.3 is 0 Å². The van der Waals surface area contributed by atoms with Gasteiger partial charge in [-0.15, -0.1) is 47.0 Å². The molecule has 0 atom stereocenters. The van der Waals surface area contributed by atoms with E-state index in [0.717, 1.165) is 35.9 Å². The van der Waals surface area contributed by atoms with E-state index in [0.29, 0.717) is 0 Å². The third-order valence-corrected chi connectivity index (χ3v) is 15.3. The Labute approximate surface area is 296 Å². The van der Waals surface area contributed by atoms with Crippen LogP contribution in [0.25, 0.3) is 0 Å². The van der Waals surface area contributed by atoms with Crippen LogP contribution in [0.5, 0.6) is 23.0 Å². The number of allylic oxidation sites excluding steroid dienone is 4. The minimum absolute atomic E-state index is 0.0157. The zero-order valence-electron chi connectivity index (χ0n) is 27.6. The van der Waals surface area contributed by atoms with E-state index in [4.69, 9.17) is 0 Å². The SMILES string of the molecule is CC1=C(C2=C(C)C(=O)c3c(c(C4SCCCS4)c(O)c(O)c3C(C)C)C2=O)C(=O)c2c(c(C(C)C)c(O)c(O)c2C2SCCCS2)C1=O. The van der Waals surface area contributed by atoms with Gasteiger partial charge in [0.25, 0.3) is 0 Å². The molecule has 0 aromatic heterocycles. The monoisotopic (exact) mass is 726 g/mol. The van der Waals surface area contributed by atoms with Crippen molar-refractivity contribution in [1.82, 2.24) is 0 Å². The molecule has 2 aromatic carbocycles. The molecule has 2 heterocycles. The molecule has 254 valence electrons. The van der Waals surface area contributed by atoms with Crippen molar-refractivity contribution in [3.8, 4) is 23.0 Å². The molecule has 4 N–H and O–H groups in total. The molecule has 2 saturated heterocycles. The summed E-state index contributed by atoms with van der Waals surface area (Å²) in [7, 11) is 0. The molecule has 12 heteroatoms. The molecule has 6 rings (SSSR count). The van der Waals surface area contributed by atoms with Gasteiger partial charge in [-0.2, -0.15) is 0 Å². The molecule has 4 aliphatic rings. The predicted molar refractivity (Wildman–Crippen MR) is 195 cm³/mol. The molecule has 2 fully saturated rings. The van der Waals surface area contributed by atoms with Crippen molar-refractivity contribution in [2.24, 2.45) is 0 Å². The molecule has 0 unspecified atom stereocenters. The molecule has 0 saturated carbocycles. The van der Waals surface area contributed by atoms with Crippen LogP contribution < -0.4 is 0 Å². The van der Waals surface area contributed by atoms with Crippen molar-refractivity contribution < 1.29 is 39.6 Å². The van der Waals surface area contributed by atoms with Gasteiger partial charge in [0.05, 0.1) is 9.16 Å². The Bertz CT molecular complexity index is 1740. The molecule has 0 bridgehead atoms. The summed E-state index contributed by atoms with van der Waals surface area (Å²) in [5.74, 6) is -2.08. The fourth-order valence-electron chi connectivity index (χ4n) is 7.15. The number of phenolic OH excluding ortho intramolecular Hbond substituents is 4. The standard InChI is InChI=1S/C36H38O8S4/c1-13(2)17-21-23(25(33(43)31(17)41)35-45-9-7-10-46-35)29(39)19(15(5)27(21)37)20-16(6)28(38)22-18(14(3)4)32(42)34(44)26(24(22)30(20)40)36-47-11-8-12-48-36/h13-14,35-36,41-44H,7-12H2,1-6H3. The second-order valence-corrected chi connectivity index (χ2v) is 18.5. The van der Waals surface area contributed by atoms with Crippen molar-refractivity contribution in [2.75, 3.05) is 23.0 Å². The third kappa shape index (κ3) is 5.24. The van der Waals surface area contributed by atoms with Crippen molar-refractivity contribution in [1.29, 1.82) is 0 Å². The van der Waals surface area contributed by atoms with Crippen molar-refractivity contribution in [3.05, 3.63) is 66.8 Å². The second-order valence-electron chi connectivity index (χ2n) is 13.0. The molecule has 2 aromatic rings. The van der Waals surface area contributed by atoms with Gasteiger partial charge in [0.2, 0.25) is 0 Å². The number of rotatable bonds is 5.